The largest absolute Gasteiger partial charge is 0.293 e. The van der Waals surface area contributed by atoms with Crippen molar-refractivity contribution < 1.29 is 4.79 Å². The van der Waals surface area contributed by atoms with Crippen LogP contribution < -0.4 is 0 Å². The summed E-state index contributed by atoms with van der Waals surface area (Å²) in [5.41, 5.74) is 3.03. The number of carbonyl (C=O) groups excluding carboxylic acids is 1. The third-order valence-corrected chi connectivity index (χ3v) is 4.81. The van der Waals surface area contributed by atoms with Crippen molar-refractivity contribution in [3.05, 3.63) is 71.3 Å². The summed E-state index contributed by atoms with van der Waals surface area (Å²) in [5, 5.41) is 0. The van der Waals surface area contributed by atoms with Crippen LogP contribution in [-0.4, -0.2) is 5.78 Å². The number of benzene rings is 2. The first kappa shape index (κ1) is 14.1. The molecule has 0 spiro atoms. The Hall–Kier alpha value is -1.89. The van der Waals surface area contributed by atoms with E-state index in [4.69, 9.17) is 0 Å². The van der Waals surface area contributed by atoms with E-state index in [0.717, 1.165) is 24.8 Å². The lowest BCUT2D eigenvalue weighted by Gasteiger charge is -2.41. The van der Waals surface area contributed by atoms with Gasteiger partial charge < -0.3 is 0 Å². The second-order valence-corrected chi connectivity index (χ2v) is 6.41. The number of Topliss-reactive ketones (excluding diaryl/α,β-unsaturated/α-hetero) is 1. The Morgan fingerprint density at radius 2 is 1.57 bits per heavy atom. The van der Waals surface area contributed by atoms with Gasteiger partial charge in [-0.05, 0) is 29.9 Å². The number of carbonyl (C=O) groups is 1. The first-order chi connectivity index (χ1) is 10.1. The molecule has 0 atom stereocenters. The van der Waals surface area contributed by atoms with E-state index in [2.05, 4.69) is 38.1 Å². The Balaban J connectivity index is 1.93. The lowest BCUT2D eigenvalue weighted by molar-refractivity contribution is 0.0789. The highest BCUT2D eigenvalue weighted by Gasteiger charge is 2.45. The highest BCUT2D eigenvalue weighted by molar-refractivity contribution is 6.04. The van der Waals surface area contributed by atoms with Gasteiger partial charge in [0.25, 0.3) is 0 Å². The van der Waals surface area contributed by atoms with Crippen LogP contribution in [0, 0.1) is 0 Å². The molecule has 1 saturated carbocycles. The van der Waals surface area contributed by atoms with Crippen LogP contribution in [-0.2, 0) is 5.41 Å². The molecule has 0 saturated heterocycles. The summed E-state index contributed by atoms with van der Waals surface area (Å²) in [4.78, 5) is 13.0. The fourth-order valence-corrected chi connectivity index (χ4v) is 3.23. The number of hydrogen-bond acceptors (Lipinski definition) is 1. The predicted octanol–water partition coefficient (Wildman–Crippen LogP) is 5.11. The van der Waals surface area contributed by atoms with Crippen LogP contribution >= 0.6 is 0 Å². The van der Waals surface area contributed by atoms with Crippen molar-refractivity contribution in [3.8, 4) is 0 Å². The monoisotopic (exact) mass is 278 g/mol. The summed E-state index contributed by atoms with van der Waals surface area (Å²) >= 11 is 0. The minimum Gasteiger partial charge on any atom is -0.293 e. The normalized spacial score (nSPS) is 16.5. The molecule has 2 aromatic carbocycles. The zero-order valence-corrected chi connectivity index (χ0v) is 12.8. The molecule has 1 heteroatoms. The van der Waals surface area contributed by atoms with E-state index in [0.29, 0.717) is 5.92 Å². The van der Waals surface area contributed by atoms with Gasteiger partial charge in [-0.2, -0.15) is 0 Å². The second-order valence-electron chi connectivity index (χ2n) is 6.41. The highest BCUT2D eigenvalue weighted by atomic mass is 16.1. The smallest absolute Gasteiger partial charge is 0.173 e. The molecule has 0 heterocycles. The first-order valence-corrected chi connectivity index (χ1v) is 7.84. The van der Waals surface area contributed by atoms with Crippen LogP contribution in [0.2, 0.25) is 0 Å². The van der Waals surface area contributed by atoms with Crippen molar-refractivity contribution in [1.82, 2.24) is 0 Å². The Morgan fingerprint density at radius 3 is 2.05 bits per heavy atom. The van der Waals surface area contributed by atoms with Crippen molar-refractivity contribution in [2.75, 3.05) is 0 Å². The van der Waals surface area contributed by atoms with Gasteiger partial charge in [0.1, 0.15) is 0 Å². The standard InChI is InChI=1S/C20H22O/c1-15(2)16-9-11-17(12-10-16)19(21)20(13-6-14-20)18-7-4-3-5-8-18/h3-5,7-12,15H,6,13-14H2,1-2H3. The Morgan fingerprint density at radius 1 is 0.952 bits per heavy atom. The summed E-state index contributed by atoms with van der Waals surface area (Å²) in [6, 6.07) is 18.5. The van der Waals surface area contributed by atoms with Gasteiger partial charge in [-0.25, -0.2) is 0 Å². The van der Waals surface area contributed by atoms with Crippen molar-refractivity contribution in [3.63, 3.8) is 0 Å². The number of hydrogen-bond donors (Lipinski definition) is 0. The molecule has 0 aromatic heterocycles. The van der Waals surface area contributed by atoms with E-state index in [1.807, 2.05) is 30.3 Å². The molecule has 0 radical (unpaired) electrons. The number of rotatable bonds is 4. The molecule has 2 aromatic rings. The Labute approximate surface area is 127 Å². The van der Waals surface area contributed by atoms with Crippen LogP contribution in [0.3, 0.4) is 0 Å². The van der Waals surface area contributed by atoms with Crippen molar-refractivity contribution >= 4 is 5.78 Å². The highest BCUT2D eigenvalue weighted by Crippen LogP contribution is 2.46. The minimum atomic E-state index is -0.277. The van der Waals surface area contributed by atoms with E-state index < -0.39 is 0 Å². The topological polar surface area (TPSA) is 17.1 Å². The zero-order valence-electron chi connectivity index (χ0n) is 12.8. The third kappa shape index (κ3) is 2.42. The zero-order chi connectivity index (χ0) is 14.9. The van der Waals surface area contributed by atoms with E-state index >= 15 is 0 Å². The Bertz CT molecular complexity index is 619. The van der Waals surface area contributed by atoms with Gasteiger partial charge in [-0.3, -0.25) is 4.79 Å². The molecule has 1 fully saturated rings. The average Bonchev–Trinajstić information content (AvgIpc) is 2.47. The van der Waals surface area contributed by atoms with Crippen LogP contribution in [0.5, 0.6) is 0 Å². The van der Waals surface area contributed by atoms with Crippen LogP contribution in [0.1, 0.15) is 60.5 Å². The molecule has 0 amide bonds. The van der Waals surface area contributed by atoms with Crippen molar-refractivity contribution in [2.45, 2.75) is 44.4 Å². The van der Waals surface area contributed by atoms with E-state index in [-0.39, 0.29) is 11.2 Å². The van der Waals surface area contributed by atoms with Gasteiger partial charge in [0.2, 0.25) is 0 Å². The Kier molecular flexibility index (Phi) is 3.67. The van der Waals surface area contributed by atoms with Gasteiger partial charge in [-0.15, -0.1) is 0 Å². The molecule has 0 aliphatic heterocycles. The molecule has 0 bridgehead atoms. The summed E-state index contributed by atoms with van der Waals surface area (Å²) in [6.45, 7) is 4.35. The second kappa shape index (κ2) is 5.48. The molecule has 21 heavy (non-hydrogen) atoms. The first-order valence-electron chi connectivity index (χ1n) is 7.84. The molecule has 0 unspecified atom stereocenters. The fraction of sp³-hybridized carbons (Fsp3) is 0.350. The molecular formula is C20H22O. The maximum atomic E-state index is 13.0. The maximum Gasteiger partial charge on any atom is 0.173 e. The molecule has 3 rings (SSSR count). The molecule has 1 aliphatic rings. The molecular weight excluding hydrogens is 256 g/mol. The van der Waals surface area contributed by atoms with Crippen LogP contribution in [0.4, 0.5) is 0 Å². The van der Waals surface area contributed by atoms with Gasteiger partial charge in [0, 0.05) is 5.56 Å². The minimum absolute atomic E-state index is 0.277. The van der Waals surface area contributed by atoms with E-state index in [9.17, 15) is 4.79 Å². The lowest BCUT2D eigenvalue weighted by Crippen LogP contribution is -2.42. The lowest BCUT2D eigenvalue weighted by atomic mass is 9.61. The van der Waals surface area contributed by atoms with Gasteiger partial charge in [-0.1, -0.05) is 74.9 Å². The third-order valence-electron chi connectivity index (χ3n) is 4.81. The summed E-state index contributed by atoms with van der Waals surface area (Å²) in [7, 11) is 0. The quantitative estimate of drug-likeness (QED) is 0.710. The van der Waals surface area contributed by atoms with Crippen LogP contribution in [0.25, 0.3) is 0 Å². The predicted molar refractivity (Wildman–Crippen MR) is 86.8 cm³/mol. The van der Waals surface area contributed by atoms with Gasteiger partial charge >= 0.3 is 0 Å². The summed E-state index contributed by atoms with van der Waals surface area (Å²) in [5.74, 6) is 0.788. The fourth-order valence-electron chi connectivity index (χ4n) is 3.23. The molecule has 1 nitrogen and oxygen atoms in total. The summed E-state index contributed by atoms with van der Waals surface area (Å²) in [6.07, 6.45) is 3.09. The number of ketones is 1. The van der Waals surface area contributed by atoms with Gasteiger partial charge in [0.15, 0.2) is 5.78 Å². The molecule has 1 aliphatic carbocycles. The van der Waals surface area contributed by atoms with Gasteiger partial charge in [0.05, 0.1) is 5.41 Å². The summed E-state index contributed by atoms with van der Waals surface area (Å²) < 4.78 is 0. The molecule has 108 valence electrons. The maximum absolute atomic E-state index is 13.0. The molecule has 0 N–H and O–H groups in total. The van der Waals surface area contributed by atoms with Crippen molar-refractivity contribution in [2.24, 2.45) is 0 Å². The average molecular weight is 278 g/mol. The van der Waals surface area contributed by atoms with E-state index in [1.54, 1.807) is 0 Å². The van der Waals surface area contributed by atoms with Crippen molar-refractivity contribution in [1.29, 1.82) is 0 Å². The SMILES string of the molecule is CC(C)c1ccc(C(=O)C2(c3ccccc3)CCC2)cc1. The van der Waals surface area contributed by atoms with Crippen LogP contribution in [0.15, 0.2) is 54.6 Å². The van der Waals surface area contributed by atoms with E-state index in [1.165, 1.54) is 11.1 Å².